The van der Waals surface area contributed by atoms with Gasteiger partial charge in [-0.25, -0.2) is 0 Å². The summed E-state index contributed by atoms with van der Waals surface area (Å²) in [5.74, 6) is 0.451. The van der Waals surface area contributed by atoms with Gasteiger partial charge in [-0.15, -0.1) is 0 Å². The zero-order valence-electron chi connectivity index (χ0n) is 13.4. The van der Waals surface area contributed by atoms with Crippen LogP contribution in [0.3, 0.4) is 0 Å². The molecule has 1 atom stereocenters. The summed E-state index contributed by atoms with van der Waals surface area (Å²) in [5, 5.41) is 3.70. The highest BCUT2D eigenvalue weighted by Crippen LogP contribution is 2.27. The molecule has 0 heterocycles. The predicted molar refractivity (Wildman–Crippen MR) is 98.3 cm³/mol. The van der Waals surface area contributed by atoms with Crippen molar-refractivity contribution in [3.63, 3.8) is 0 Å². The monoisotopic (exact) mass is 363 g/mol. The Morgan fingerprint density at radius 2 is 1.83 bits per heavy atom. The van der Waals surface area contributed by atoms with Gasteiger partial charge in [-0.3, -0.25) is 4.79 Å². The predicted octanol–water partition coefficient (Wildman–Crippen LogP) is 5.28. The van der Waals surface area contributed by atoms with Crippen molar-refractivity contribution in [2.45, 2.75) is 38.7 Å². The van der Waals surface area contributed by atoms with Crippen molar-refractivity contribution in [2.75, 3.05) is 5.32 Å². The Morgan fingerprint density at radius 3 is 2.62 bits per heavy atom. The van der Waals surface area contributed by atoms with Gasteiger partial charge in [0.1, 0.15) is 5.75 Å². The Bertz CT molecular complexity index is 761. The molecule has 0 saturated heterocycles. The van der Waals surface area contributed by atoms with Crippen molar-refractivity contribution in [1.29, 1.82) is 0 Å². The zero-order chi connectivity index (χ0) is 17.1. The van der Waals surface area contributed by atoms with Crippen molar-refractivity contribution in [2.24, 2.45) is 0 Å². The van der Waals surface area contributed by atoms with Crippen LogP contribution in [0, 0.1) is 0 Å². The molecule has 1 aliphatic carbocycles. The van der Waals surface area contributed by atoms with Crippen LogP contribution in [0.25, 0.3) is 0 Å². The molecule has 2 aromatic carbocycles. The second-order valence-corrected chi connectivity index (χ2v) is 6.85. The Labute approximate surface area is 151 Å². The van der Waals surface area contributed by atoms with Crippen molar-refractivity contribution < 1.29 is 9.53 Å². The number of hydrogen-bond donors (Lipinski definition) is 1. The van der Waals surface area contributed by atoms with Gasteiger partial charge >= 0.3 is 0 Å². The number of rotatable bonds is 4. The molecular weight excluding hydrogens is 345 g/mol. The lowest BCUT2D eigenvalue weighted by Crippen LogP contribution is -2.30. The normalized spacial score (nSPS) is 14.6. The molecule has 0 aromatic heterocycles. The van der Waals surface area contributed by atoms with Gasteiger partial charge in [0.2, 0.25) is 0 Å². The lowest BCUT2D eigenvalue weighted by Gasteiger charge is -2.19. The minimum atomic E-state index is -0.637. The Morgan fingerprint density at radius 1 is 1.08 bits per heavy atom. The van der Waals surface area contributed by atoms with Gasteiger partial charge in [0.15, 0.2) is 6.10 Å². The van der Waals surface area contributed by atoms with E-state index in [1.807, 2.05) is 12.1 Å². The van der Waals surface area contributed by atoms with Crippen LogP contribution < -0.4 is 10.1 Å². The highest BCUT2D eigenvalue weighted by molar-refractivity contribution is 6.35. The van der Waals surface area contributed by atoms with Crippen molar-refractivity contribution in [3.05, 3.63) is 57.6 Å². The molecule has 0 aliphatic heterocycles. The summed E-state index contributed by atoms with van der Waals surface area (Å²) in [7, 11) is 0. The summed E-state index contributed by atoms with van der Waals surface area (Å²) in [4.78, 5) is 12.3. The number of hydrogen-bond acceptors (Lipinski definition) is 2. The minimum absolute atomic E-state index is 0.267. The molecule has 0 radical (unpaired) electrons. The van der Waals surface area contributed by atoms with Gasteiger partial charge in [0, 0.05) is 5.02 Å². The molecular formula is C19H19Cl2NO2. The van der Waals surface area contributed by atoms with Crippen molar-refractivity contribution in [1.82, 2.24) is 0 Å². The van der Waals surface area contributed by atoms with Gasteiger partial charge in [-0.05, 0) is 74.1 Å². The maximum Gasteiger partial charge on any atom is 0.265 e. The largest absolute Gasteiger partial charge is 0.481 e. The minimum Gasteiger partial charge on any atom is -0.481 e. The van der Waals surface area contributed by atoms with E-state index in [-0.39, 0.29) is 5.91 Å². The van der Waals surface area contributed by atoms with E-state index >= 15 is 0 Å². The van der Waals surface area contributed by atoms with Gasteiger partial charge in [-0.2, -0.15) is 0 Å². The molecule has 3 rings (SSSR count). The SMILES string of the molecule is CC(Oc1ccc2c(c1)CCCC2)C(=O)Nc1cc(Cl)ccc1Cl. The Hall–Kier alpha value is -1.71. The Kier molecular flexibility index (Phi) is 5.32. The molecule has 0 saturated carbocycles. The van der Waals surface area contributed by atoms with Crippen LogP contribution in [0.1, 0.15) is 30.9 Å². The summed E-state index contributed by atoms with van der Waals surface area (Å²) < 4.78 is 5.80. The average Bonchev–Trinajstić information content (AvgIpc) is 2.58. The molecule has 2 aromatic rings. The second kappa shape index (κ2) is 7.45. The van der Waals surface area contributed by atoms with E-state index in [0.29, 0.717) is 15.7 Å². The maximum atomic E-state index is 12.3. The number of anilines is 1. The molecule has 1 aliphatic rings. The molecule has 126 valence electrons. The van der Waals surface area contributed by atoms with Gasteiger partial charge < -0.3 is 10.1 Å². The number of halogens is 2. The fraction of sp³-hybridized carbons (Fsp3) is 0.316. The summed E-state index contributed by atoms with van der Waals surface area (Å²) >= 11 is 12.0. The zero-order valence-corrected chi connectivity index (χ0v) is 15.0. The van der Waals surface area contributed by atoms with Crippen LogP contribution in [0.2, 0.25) is 10.0 Å². The fourth-order valence-corrected chi connectivity index (χ4v) is 3.21. The van der Waals surface area contributed by atoms with E-state index < -0.39 is 6.10 Å². The van der Waals surface area contributed by atoms with E-state index in [1.54, 1.807) is 25.1 Å². The summed E-state index contributed by atoms with van der Waals surface area (Å²) in [6.07, 6.45) is 4.01. The summed E-state index contributed by atoms with van der Waals surface area (Å²) in [5.41, 5.74) is 3.19. The number of aryl methyl sites for hydroxylation is 2. The first kappa shape index (κ1) is 17.1. The summed E-state index contributed by atoms with van der Waals surface area (Å²) in [6.45, 7) is 1.72. The molecule has 0 fully saturated rings. The van der Waals surface area contributed by atoms with E-state index in [0.717, 1.165) is 18.6 Å². The third-order valence-corrected chi connectivity index (χ3v) is 4.75. The molecule has 1 N–H and O–H groups in total. The topological polar surface area (TPSA) is 38.3 Å². The van der Waals surface area contributed by atoms with E-state index in [4.69, 9.17) is 27.9 Å². The fourth-order valence-electron chi connectivity index (χ4n) is 2.87. The molecule has 1 unspecified atom stereocenters. The first-order chi connectivity index (χ1) is 11.5. The molecule has 24 heavy (non-hydrogen) atoms. The highest BCUT2D eigenvalue weighted by Gasteiger charge is 2.17. The smallest absolute Gasteiger partial charge is 0.265 e. The second-order valence-electron chi connectivity index (χ2n) is 6.01. The van der Waals surface area contributed by atoms with E-state index in [1.165, 1.54) is 24.0 Å². The van der Waals surface area contributed by atoms with E-state index in [9.17, 15) is 4.79 Å². The lowest BCUT2D eigenvalue weighted by molar-refractivity contribution is -0.122. The number of ether oxygens (including phenoxy) is 1. The number of carbonyl (C=O) groups excluding carboxylic acids is 1. The average molecular weight is 364 g/mol. The third-order valence-electron chi connectivity index (χ3n) is 4.19. The van der Waals surface area contributed by atoms with Crippen molar-refractivity contribution in [3.8, 4) is 5.75 Å². The van der Waals surface area contributed by atoms with Crippen LogP contribution in [-0.4, -0.2) is 12.0 Å². The lowest BCUT2D eigenvalue weighted by atomic mass is 9.92. The first-order valence-electron chi connectivity index (χ1n) is 8.07. The molecule has 0 spiro atoms. The number of carbonyl (C=O) groups is 1. The van der Waals surface area contributed by atoms with E-state index in [2.05, 4.69) is 11.4 Å². The van der Waals surface area contributed by atoms with Crippen LogP contribution in [0.5, 0.6) is 5.75 Å². The van der Waals surface area contributed by atoms with Crippen LogP contribution >= 0.6 is 23.2 Å². The summed E-state index contributed by atoms with van der Waals surface area (Å²) in [6, 6.07) is 11.0. The molecule has 0 bridgehead atoms. The molecule has 1 amide bonds. The molecule has 3 nitrogen and oxygen atoms in total. The number of nitrogens with one attached hydrogen (secondary N) is 1. The molecule has 5 heteroatoms. The number of benzene rings is 2. The number of fused-ring (bicyclic) bond motifs is 1. The van der Waals surface area contributed by atoms with Gasteiger partial charge in [0.25, 0.3) is 5.91 Å². The van der Waals surface area contributed by atoms with Crippen LogP contribution in [-0.2, 0) is 17.6 Å². The number of amides is 1. The van der Waals surface area contributed by atoms with Crippen molar-refractivity contribution >= 4 is 34.8 Å². The standard InChI is InChI=1S/C19H19Cl2NO2/c1-12(19(23)22-18-11-15(20)7-9-17(18)21)24-16-8-6-13-4-2-3-5-14(13)10-16/h6-12H,2-5H2,1H3,(H,22,23). The van der Waals surface area contributed by atoms with Gasteiger partial charge in [-0.1, -0.05) is 29.3 Å². The highest BCUT2D eigenvalue weighted by atomic mass is 35.5. The quantitative estimate of drug-likeness (QED) is 0.802. The van der Waals surface area contributed by atoms with Crippen LogP contribution in [0.4, 0.5) is 5.69 Å². The third kappa shape index (κ3) is 4.03. The Balaban J connectivity index is 1.67. The first-order valence-corrected chi connectivity index (χ1v) is 8.83. The van der Waals surface area contributed by atoms with Gasteiger partial charge in [0.05, 0.1) is 10.7 Å². The maximum absolute atomic E-state index is 12.3. The van der Waals surface area contributed by atoms with Crippen LogP contribution in [0.15, 0.2) is 36.4 Å².